The van der Waals surface area contributed by atoms with Gasteiger partial charge in [-0.1, -0.05) is 127 Å². The number of nitrogens with zero attached hydrogens (tertiary/aromatic N) is 3. The molecular weight excluding hydrogens is 807 g/mol. The summed E-state index contributed by atoms with van der Waals surface area (Å²) in [4.78, 5) is 0. The smallest absolute Gasteiger partial charge is 0.137 e. The van der Waals surface area contributed by atoms with E-state index in [9.17, 15) is 0 Å². The minimum absolute atomic E-state index is 0.949. The Morgan fingerprint density at radius 1 is 0.302 bits per heavy atom. The molecule has 15 aromatic rings. The fraction of sp³-hybridized carbons (Fsp3) is 0.0526. The molecule has 6 aromatic heterocycles. The Kier molecular flexibility index (Phi) is 7.96. The van der Waals surface area contributed by atoms with Gasteiger partial charge in [0.1, 0.15) is 11.2 Å². The zero-order valence-corrected chi connectivity index (χ0v) is 36.5. The molecular formula is C57H39N3OS2. The lowest BCUT2D eigenvalue weighted by Crippen LogP contribution is -1.86. The maximum absolute atomic E-state index is 6.00. The van der Waals surface area contributed by atoms with Gasteiger partial charge in [0.2, 0.25) is 0 Å². The van der Waals surface area contributed by atoms with Crippen molar-refractivity contribution < 1.29 is 4.42 Å². The first-order valence-electron chi connectivity index (χ1n) is 21.4. The molecule has 0 aliphatic heterocycles. The Morgan fingerprint density at radius 2 is 0.746 bits per heavy atom. The average Bonchev–Trinajstić information content (AvgIpc) is 4.18. The number of fused-ring (bicyclic) bond motifs is 21. The maximum atomic E-state index is 6.00. The lowest BCUT2D eigenvalue weighted by molar-refractivity contribution is 0.669. The summed E-state index contributed by atoms with van der Waals surface area (Å²) < 4.78 is 18.4. The summed E-state index contributed by atoms with van der Waals surface area (Å²) >= 11 is 3.78. The molecule has 300 valence electrons. The maximum Gasteiger partial charge on any atom is 0.137 e. The molecule has 0 unspecified atom stereocenters. The second-order valence-corrected chi connectivity index (χ2v) is 18.7. The molecule has 15 rings (SSSR count). The van der Waals surface area contributed by atoms with Crippen molar-refractivity contribution in [3.8, 4) is 0 Å². The minimum atomic E-state index is 0.949. The first-order chi connectivity index (χ1) is 31.0. The van der Waals surface area contributed by atoms with Crippen LogP contribution in [-0.2, 0) is 21.1 Å². The molecule has 0 aliphatic carbocycles. The molecule has 9 aromatic carbocycles. The van der Waals surface area contributed by atoms with E-state index in [1.54, 1.807) is 0 Å². The van der Waals surface area contributed by atoms with Crippen molar-refractivity contribution in [2.45, 2.75) is 0 Å². The summed E-state index contributed by atoms with van der Waals surface area (Å²) in [6, 6.07) is 64.9. The van der Waals surface area contributed by atoms with Gasteiger partial charge in [0, 0.05) is 111 Å². The number of thiophene rings is 2. The third kappa shape index (κ3) is 5.26. The molecule has 0 fully saturated rings. The van der Waals surface area contributed by atoms with E-state index in [4.69, 9.17) is 4.42 Å². The number of furan rings is 1. The third-order valence-electron chi connectivity index (χ3n) is 13.2. The highest BCUT2D eigenvalue weighted by atomic mass is 32.1. The van der Waals surface area contributed by atoms with Crippen molar-refractivity contribution in [2.24, 2.45) is 21.1 Å². The van der Waals surface area contributed by atoms with Crippen LogP contribution in [0.25, 0.3) is 128 Å². The quantitative estimate of drug-likeness (QED) is 0.149. The average molecular weight is 846 g/mol. The van der Waals surface area contributed by atoms with E-state index in [2.05, 4.69) is 205 Å². The molecule has 0 saturated carbocycles. The van der Waals surface area contributed by atoms with Crippen LogP contribution in [0.4, 0.5) is 0 Å². The van der Waals surface area contributed by atoms with Gasteiger partial charge in [-0.3, -0.25) is 0 Å². The fourth-order valence-electron chi connectivity index (χ4n) is 10.4. The fourth-order valence-corrected chi connectivity index (χ4v) is 12.8. The van der Waals surface area contributed by atoms with Crippen LogP contribution in [0, 0.1) is 0 Å². The van der Waals surface area contributed by atoms with Crippen LogP contribution in [0.2, 0.25) is 0 Å². The summed E-state index contributed by atoms with van der Waals surface area (Å²) in [6.45, 7) is 0. The molecule has 6 heteroatoms. The van der Waals surface area contributed by atoms with Crippen LogP contribution in [0.3, 0.4) is 0 Å². The molecule has 4 nitrogen and oxygen atoms in total. The standard InChI is InChI=1S/C19H13NO.2C19H13NS/c2*1-20-15-8-4-2-6-12(15)13-10-11-17-18(19(13)20)14-7-3-5-9-16(14)21-17;1-20-16-8-4-2-6-12(16)14-10-11-15-13-7-3-5-9-17(13)21-19(15)18(14)20/h3*2-11H,1H3. The normalized spacial score (nSPS) is 12.0. The summed E-state index contributed by atoms with van der Waals surface area (Å²) in [5.41, 5.74) is 9.72. The molecule has 0 atom stereocenters. The van der Waals surface area contributed by atoms with Gasteiger partial charge < -0.3 is 18.1 Å². The highest BCUT2D eigenvalue weighted by Gasteiger charge is 2.18. The second-order valence-electron chi connectivity index (χ2n) is 16.5. The van der Waals surface area contributed by atoms with Crippen molar-refractivity contribution in [1.82, 2.24) is 13.7 Å². The zero-order chi connectivity index (χ0) is 41.9. The van der Waals surface area contributed by atoms with E-state index >= 15 is 0 Å². The number of aryl methyl sites for hydroxylation is 3. The highest BCUT2D eigenvalue weighted by molar-refractivity contribution is 7.26. The third-order valence-corrected chi connectivity index (χ3v) is 15.6. The molecule has 6 heterocycles. The highest BCUT2D eigenvalue weighted by Crippen LogP contribution is 2.43. The molecule has 0 N–H and O–H groups in total. The summed E-state index contributed by atoms with van der Waals surface area (Å²) in [6.07, 6.45) is 0. The minimum Gasteiger partial charge on any atom is -0.456 e. The molecule has 0 saturated heterocycles. The number of para-hydroxylation sites is 4. The van der Waals surface area contributed by atoms with Crippen LogP contribution >= 0.6 is 22.7 Å². The Bertz CT molecular complexity index is 4120. The summed E-state index contributed by atoms with van der Waals surface area (Å²) in [5.74, 6) is 0. The molecule has 63 heavy (non-hydrogen) atoms. The predicted molar refractivity (Wildman–Crippen MR) is 274 cm³/mol. The van der Waals surface area contributed by atoms with Gasteiger partial charge in [-0.05, 0) is 54.6 Å². The Morgan fingerprint density at radius 3 is 1.40 bits per heavy atom. The van der Waals surface area contributed by atoms with E-state index in [1.165, 1.54) is 117 Å². The van der Waals surface area contributed by atoms with Gasteiger partial charge in [0.15, 0.2) is 0 Å². The van der Waals surface area contributed by atoms with Gasteiger partial charge in [-0.15, -0.1) is 22.7 Å². The van der Waals surface area contributed by atoms with E-state index in [1.807, 2.05) is 34.8 Å². The summed E-state index contributed by atoms with van der Waals surface area (Å²) in [5, 5.41) is 15.9. The lowest BCUT2D eigenvalue weighted by atomic mass is 10.1. The molecule has 0 aliphatic rings. The van der Waals surface area contributed by atoms with Gasteiger partial charge in [0.05, 0.1) is 26.6 Å². The topological polar surface area (TPSA) is 27.9 Å². The van der Waals surface area contributed by atoms with Crippen molar-refractivity contribution in [1.29, 1.82) is 0 Å². The molecule has 0 radical (unpaired) electrons. The lowest BCUT2D eigenvalue weighted by Gasteiger charge is -2.00. The van der Waals surface area contributed by atoms with Gasteiger partial charge in [-0.25, -0.2) is 0 Å². The summed E-state index contributed by atoms with van der Waals surface area (Å²) in [7, 11) is 6.48. The Hall–Kier alpha value is -7.38. The van der Waals surface area contributed by atoms with Crippen LogP contribution in [-0.4, -0.2) is 13.7 Å². The van der Waals surface area contributed by atoms with Crippen molar-refractivity contribution in [3.05, 3.63) is 182 Å². The molecule has 0 amide bonds. The number of aromatic nitrogens is 3. The van der Waals surface area contributed by atoms with Gasteiger partial charge in [-0.2, -0.15) is 0 Å². The van der Waals surface area contributed by atoms with Crippen LogP contribution in [0.1, 0.15) is 0 Å². The monoisotopic (exact) mass is 845 g/mol. The number of benzene rings is 9. The van der Waals surface area contributed by atoms with E-state index in [-0.39, 0.29) is 0 Å². The SMILES string of the molecule is Cn1c2ccccc2c2ccc3c4ccccc4sc3c21.Cn1c2ccccc2c2ccc3oc4ccccc4c3c21.Cn1c2ccccc2c2ccc3sc4ccccc4c3c21. The van der Waals surface area contributed by atoms with Crippen LogP contribution in [0.5, 0.6) is 0 Å². The number of rotatable bonds is 0. The van der Waals surface area contributed by atoms with E-state index in [0.717, 1.165) is 11.2 Å². The first-order valence-corrected chi connectivity index (χ1v) is 23.0. The molecule has 0 bridgehead atoms. The largest absolute Gasteiger partial charge is 0.456 e. The van der Waals surface area contributed by atoms with Gasteiger partial charge >= 0.3 is 0 Å². The number of hydrogen-bond acceptors (Lipinski definition) is 3. The Balaban J connectivity index is 0.0000000957. The van der Waals surface area contributed by atoms with E-state index in [0.29, 0.717) is 0 Å². The van der Waals surface area contributed by atoms with Gasteiger partial charge in [0.25, 0.3) is 0 Å². The first kappa shape index (κ1) is 36.3. The Labute approximate surface area is 369 Å². The van der Waals surface area contributed by atoms with E-state index < -0.39 is 0 Å². The number of hydrogen-bond donors (Lipinski definition) is 0. The van der Waals surface area contributed by atoms with Crippen LogP contribution in [0.15, 0.2) is 186 Å². The van der Waals surface area contributed by atoms with Crippen molar-refractivity contribution in [2.75, 3.05) is 0 Å². The zero-order valence-electron chi connectivity index (χ0n) is 34.9. The molecule has 0 spiro atoms. The van der Waals surface area contributed by atoms with Crippen LogP contribution < -0.4 is 0 Å². The van der Waals surface area contributed by atoms with Crippen molar-refractivity contribution in [3.63, 3.8) is 0 Å². The second kappa shape index (κ2) is 13.8. The van der Waals surface area contributed by atoms with Crippen molar-refractivity contribution >= 4 is 150 Å². The predicted octanol–water partition coefficient (Wildman–Crippen LogP) is 16.6.